The molecule has 2 aromatic rings. The lowest BCUT2D eigenvalue weighted by Crippen LogP contribution is -2.46. The van der Waals surface area contributed by atoms with Gasteiger partial charge < -0.3 is 20.1 Å². The van der Waals surface area contributed by atoms with Crippen LogP contribution in [0.15, 0.2) is 18.2 Å². The number of hydrogen-bond donors (Lipinski definition) is 2. The summed E-state index contributed by atoms with van der Waals surface area (Å²) < 4.78 is 12.8. The van der Waals surface area contributed by atoms with Crippen molar-refractivity contribution in [2.45, 2.75) is 38.8 Å². The molecule has 2 atom stereocenters. The van der Waals surface area contributed by atoms with Crippen molar-refractivity contribution in [3.05, 3.63) is 29.6 Å². The molecule has 0 aliphatic carbocycles. The standard InChI is InChI=1S/C18H23N5O3.ClH/c1-11-9-13(5-6-19-11)20-18(24)17-12(2)23(22-21-17)14-3-4-15-16(10-14)26-8-7-25-15;/h3-4,10-11,13,19H,5-9H2,1-2H3,(H,20,24);1H. The minimum Gasteiger partial charge on any atom is -0.486 e. The summed E-state index contributed by atoms with van der Waals surface area (Å²) in [4.78, 5) is 12.6. The van der Waals surface area contributed by atoms with Crippen molar-refractivity contribution in [2.75, 3.05) is 19.8 Å². The van der Waals surface area contributed by atoms with Crippen LogP contribution in [0.3, 0.4) is 0 Å². The van der Waals surface area contributed by atoms with Gasteiger partial charge in [-0.05, 0) is 45.4 Å². The van der Waals surface area contributed by atoms with E-state index in [1.54, 1.807) is 4.68 Å². The maximum Gasteiger partial charge on any atom is 0.273 e. The van der Waals surface area contributed by atoms with Gasteiger partial charge in [-0.3, -0.25) is 4.79 Å². The van der Waals surface area contributed by atoms with E-state index in [2.05, 4.69) is 27.9 Å². The average Bonchev–Trinajstić information content (AvgIpc) is 3.03. The van der Waals surface area contributed by atoms with Crippen molar-refractivity contribution in [3.8, 4) is 17.2 Å². The first-order valence-corrected chi connectivity index (χ1v) is 8.98. The molecule has 0 saturated carbocycles. The zero-order valence-corrected chi connectivity index (χ0v) is 16.2. The van der Waals surface area contributed by atoms with Gasteiger partial charge in [-0.15, -0.1) is 17.5 Å². The van der Waals surface area contributed by atoms with Crippen molar-refractivity contribution >= 4 is 18.3 Å². The van der Waals surface area contributed by atoms with E-state index < -0.39 is 0 Å². The fourth-order valence-electron chi connectivity index (χ4n) is 3.46. The van der Waals surface area contributed by atoms with Gasteiger partial charge in [-0.2, -0.15) is 0 Å². The molecule has 1 amide bonds. The first kappa shape index (κ1) is 19.4. The molecule has 4 rings (SSSR count). The van der Waals surface area contributed by atoms with Crippen molar-refractivity contribution < 1.29 is 14.3 Å². The topological polar surface area (TPSA) is 90.3 Å². The number of amides is 1. The Balaban J connectivity index is 0.00000210. The SMILES string of the molecule is Cc1c(C(=O)NC2CCNC(C)C2)nnn1-c1ccc2c(c1)OCCO2.Cl. The van der Waals surface area contributed by atoms with Crippen molar-refractivity contribution in [1.82, 2.24) is 25.6 Å². The van der Waals surface area contributed by atoms with Crippen molar-refractivity contribution in [3.63, 3.8) is 0 Å². The summed E-state index contributed by atoms with van der Waals surface area (Å²) in [5, 5.41) is 14.7. The van der Waals surface area contributed by atoms with Gasteiger partial charge in [0.2, 0.25) is 0 Å². The summed E-state index contributed by atoms with van der Waals surface area (Å²) in [5.74, 6) is 1.22. The zero-order chi connectivity index (χ0) is 18.1. The second kappa shape index (κ2) is 8.14. The number of aromatic nitrogens is 3. The maximum atomic E-state index is 12.6. The highest BCUT2D eigenvalue weighted by Crippen LogP contribution is 2.32. The Kier molecular flexibility index (Phi) is 5.86. The van der Waals surface area contributed by atoms with Crippen LogP contribution in [-0.2, 0) is 0 Å². The van der Waals surface area contributed by atoms with Gasteiger partial charge in [-0.25, -0.2) is 4.68 Å². The monoisotopic (exact) mass is 393 g/mol. The van der Waals surface area contributed by atoms with Gasteiger partial charge in [0.15, 0.2) is 17.2 Å². The van der Waals surface area contributed by atoms with Gasteiger partial charge in [-0.1, -0.05) is 5.21 Å². The number of rotatable bonds is 3. The molecule has 1 fully saturated rings. The quantitative estimate of drug-likeness (QED) is 0.823. The Hall–Kier alpha value is -2.32. The maximum absolute atomic E-state index is 12.6. The second-order valence-corrected chi connectivity index (χ2v) is 6.81. The summed E-state index contributed by atoms with van der Waals surface area (Å²) in [7, 11) is 0. The number of benzene rings is 1. The molecule has 0 radical (unpaired) electrons. The van der Waals surface area contributed by atoms with E-state index in [0.717, 1.165) is 30.8 Å². The number of nitrogens with one attached hydrogen (secondary N) is 2. The first-order chi connectivity index (χ1) is 12.6. The Morgan fingerprint density at radius 1 is 1.30 bits per heavy atom. The summed E-state index contributed by atoms with van der Waals surface area (Å²) in [6.45, 7) is 5.96. The van der Waals surface area contributed by atoms with Crippen LogP contribution in [0.1, 0.15) is 35.9 Å². The molecule has 2 aliphatic heterocycles. The molecule has 27 heavy (non-hydrogen) atoms. The molecule has 0 bridgehead atoms. The normalized spacial score (nSPS) is 21.3. The lowest BCUT2D eigenvalue weighted by Gasteiger charge is -2.28. The highest BCUT2D eigenvalue weighted by atomic mass is 35.5. The molecular formula is C18H24ClN5O3. The van der Waals surface area contributed by atoms with Crippen molar-refractivity contribution in [2.24, 2.45) is 0 Å². The highest BCUT2D eigenvalue weighted by molar-refractivity contribution is 5.93. The van der Waals surface area contributed by atoms with Gasteiger partial charge in [0.05, 0.1) is 11.4 Å². The van der Waals surface area contributed by atoms with Crippen LogP contribution in [0.5, 0.6) is 11.5 Å². The van der Waals surface area contributed by atoms with Gasteiger partial charge in [0.1, 0.15) is 13.2 Å². The molecule has 2 aliphatic rings. The number of ether oxygens (including phenoxy) is 2. The van der Waals surface area contributed by atoms with E-state index in [4.69, 9.17) is 9.47 Å². The van der Waals surface area contributed by atoms with E-state index in [1.165, 1.54) is 0 Å². The molecule has 0 spiro atoms. The van der Waals surface area contributed by atoms with Gasteiger partial charge in [0, 0.05) is 18.2 Å². The molecule has 3 heterocycles. The molecule has 1 aromatic carbocycles. The smallest absolute Gasteiger partial charge is 0.273 e. The summed E-state index contributed by atoms with van der Waals surface area (Å²) in [5.41, 5.74) is 1.83. The van der Waals surface area contributed by atoms with Crippen LogP contribution in [0.4, 0.5) is 0 Å². The second-order valence-electron chi connectivity index (χ2n) is 6.81. The first-order valence-electron chi connectivity index (χ1n) is 8.98. The number of piperidine rings is 1. The Morgan fingerprint density at radius 3 is 2.85 bits per heavy atom. The van der Waals surface area contributed by atoms with E-state index in [-0.39, 0.29) is 24.4 Å². The van der Waals surface area contributed by atoms with Crippen molar-refractivity contribution in [1.29, 1.82) is 0 Å². The number of hydrogen-bond acceptors (Lipinski definition) is 6. The van der Waals surface area contributed by atoms with Crippen LogP contribution in [0.25, 0.3) is 5.69 Å². The third kappa shape index (κ3) is 4.01. The summed E-state index contributed by atoms with van der Waals surface area (Å²) in [6, 6.07) is 6.15. The van der Waals surface area contributed by atoms with E-state index >= 15 is 0 Å². The molecule has 2 unspecified atom stereocenters. The highest BCUT2D eigenvalue weighted by Gasteiger charge is 2.24. The van der Waals surface area contributed by atoms with E-state index in [9.17, 15) is 4.79 Å². The Labute approximate surface area is 164 Å². The minimum atomic E-state index is -0.176. The molecule has 8 nitrogen and oxygen atoms in total. The fourth-order valence-corrected chi connectivity index (χ4v) is 3.46. The lowest BCUT2D eigenvalue weighted by atomic mass is 10.0. The number of carbonyl (C=O) groups is 1. The number of halogens is 1. The summed E-state index contributed by atoms with van der Waals surface area (Å²) >= 11 is 0. The van der Waals surface area contributed by atoms with Crippen LogP contribution < -0.4 is 20.1 Å². The number of carbonyl (C=O) groups excluding carboxylic acids is 1. The van der Waals surface area contributed by atoms with Crippen LogP contribution in [0, 0.1) is 6.92 Å². The molecular weight excluding hydrogens is 370 g/mol. The third-order valence-electron chi connectivity index (χ3n) is 4.84. The Morgan fingerprint density at radius 2 is 2.07 bits per heavy atom. The van der Waals surface area contributed by atoms with Crippen LogP contribution in [-0.4, -0.2) is 52.7 Å². The Bertz CT molecular complexity index is 825. The van der Waals surface area contributed by atoms with Gasteiger partial charge >= 0.3 is 0 Å². The lowest BCUT2D eigenvalue weighted by molar-refractivity contribution is 0.0920. The fraction of sp³-hybridized carbons (Fsp3) is 0.500. The van der Waals surface area contributed by atoms with Crippen LogP contribution in [0.2, 0.25) is 0 Å². The molecule has 146 valence electrons. The average molecular weight is 394 g/mol. The van der Waals surface area contributed by atoms with Crippen LogP contribution >= 0.6 is 12.4 Å². The molecule has 1 aromatic heterocycles. The predicted octanol–water partition coefficient (Wildman–Crippen LogP) is 1.64. The van der Waals surface area contributed by atoms with E-state index in [0.29, 0.717) is 36.4 Å². The predicted molar refractivity (Wildman–Crippen MR) is 102 cm³/mol. The third-order valence-corrected chi connectivity index (χ3v) is 4.84. The molecule has 2 N–H and O–H groups in total. The largest absolute Gasteiger partial charge is 0.486 e. The van der Waals surface area contributed by atoms with Gasteiger partial charge in [0.25, 0.3) is 5.91 Å². The number of nitrogens with zero attached hydrogens (tertiary/aromatic N) is 3. The minimum absolute atomic E-state index is 0. The zero-order valence-electron chi connectivity index (χ0n) is 15.4. The summed E-state index contributed by atoms with van der Waals surface area (Å²) in [6.07, 6.45) is 1.84. The molecule has 1 saturated heterocycles. The molecule has 9 heteroatoms. The number of fused-ring (bicyclic) bond motifs is 1. The van der Waals surface area contributed by atoms with E-state index in [1.807, 2.05) is 25.1 Å².